The maximum atomic E-state index is 13.4. The van der Waals surface area contributed by atoms with Crippen molar-refractivity contribution in [2.45, 2.75) is 11.5 Å². The van der Waals surface area contributed by atoms with Crippen LogP contribution in [-0.4, -0.2) is 16.8 Å². The lowest BCUT2D eigenvalue weighted by Crippen LogP contribution is -2.44. The maximum Gasteiger partial charge on any atom is 0.262 e. The Bertz CT molecular complexity index is 969. The van der Waals surface area contributed by atoms with Crippen LogP contribution in [0.5, 0.6) is 0 Å². The second-order valence-electron chi connectivity index (χ2n) is 6.34. The maximum absolute atomic E-state index is 13.4. The van der Waals surface area contributed by atoms with Crippen LogP contribution in [-0.2, 0) is 10.4 Å². The summed E-state index contributed by atoms with van der Waals surface area (Å²) in [6, 6.07) is 24.6. The number of anilines is 1. The molecule has 0 aliphatic carbocycles. The molecule has 3 aromatic rings. The lowest BCUT2D eigenvalue weighted by Gasteiger charge is -2.30. The Morgan fingerprint density at radius 3 is 2.12 bits per heavy atom. The Morgan fingerprint density at radius 2 is 1.42 bits per heavy atom. The smallest absolute Gasteiger partial charge is 0.262 e. The molecule has 2 N–H and O–H groups in total. The van der Waals surface area contributed by atoms with Crippen molar-refractivity contribution in [3.8, 4) is 0 Å². The van der Waals surface area contributed by atoms with E-state index in [1.807, 2.05) is 12.1 Å². The summed E-state index contributed by atoms with van der Waals surface area (Å²) >= 11 is 0. The Morgan fingerprint density at radius 1 is 0.846 bits per heavy atom. The number of nitrogens with one attached hydrogen (secondary N) is 1. The molecule has 0 unspecified atom stereocenters. The average molecular weight is 343 g/mol. The van der Waals surface area contributed by atoms with E-state index in [2.05, 4.69) is 5.32 Å². The number of carbonyl (C=O) groups is 2. The molecule has 128 valence electrons. The number of benzene rings is 3. The number of hydrogen-bond donors (Lipinski definition) is 2. The summed E-state index contributed by atoms with van der Waals surface area (Å²) in [4.78, 5) is 26.1. The monoisotopic (exact) mass is 343 g/mol. The van der Waals surface area contributed by atoms with Crippen LogP contribution in [0.4, 0.5) is 5.69 Å². The standard InChI is InChI=1S/C22H17NO3/c24-20(16-11-5-2-6-12-16)19(15-9-3-1-4-10-15)22(26)17-13-7-8-14-18(17)23-21(22)25/h1-14,19,26H,(H,23,25)/t19-,22+/m1/s1. The van der Waals surface area contributed by atoms with Crippen molar-refractivity contribution in [2.75, 3.05) is 5.32 Å². The Kier molecular flexibility index (Phi) is 3.90. The van der Waals surface area contributed by atoms with E-state index < -0.39 is 17.4 Å². The summed E-state index contributed by atoms with van der Waals surface area (Å²) in [5.74, 6) is -1.93. The van der Waals surface area contributed by atoms with E-state index in [-0.39, 0.29) is 5.78 Å². The van der Waals surface area contributed by atoms with Crippen LogP contribution < -0.4 is 5.32 Å². The van der Waals surface area contributed by atoms with E-state index in [0.29, 0.717) is 22.4 Å². The topological polar surface area (TPSA) is 66.4 Å². The average Bonchev–Trinajstić information content (AvgIpc) is 2.94. The second kappa shape index (κ2) is 6.24. The summed E-state index contributed by atoms with van der Waals surface area (Å²) in [6.07, 6.45) is 0. The SMILES string of the molecule is O=C(c1ccccc1)[C@@H](c1ccccc1)[C@]1(O)C(=O)Nc2ccccc21. The lowest BCUT2D eigenvalue weighted by atomic mass is 9.74. The van der Waals surface area contributed by atoms with Gasteiger partial charge in [-0.1, -0.05) is 78.9 Å². The molecule has 0 saturated heterocycles. The highest BCUT2D eigenvalue weighted by Gasteiger charge is 2.54. The quantitative estimate of drug-likeness (QED) is 0.713. The third-order valence-electron chi connectivity index (χ3n) is 4.80. The molecule has 26 heavy (non-hydrogen) atoms. The molecule has 1 heterocycles. The van der Waals surface area contributed by atoms with Gasteiger partial charge < -0.3 is 10.4 Å². The minimum Gasteiger partial charge on any atom is -0.374 e. The fourth-order valence-electron chi connectivity index (χ4n) is 3.55. The summed E-state index contributed by atoms with van der Waals surface area (Å²) in [5, 5.41) is 14.2. The molecule has 1 aliphatic heterocycles. The number of amides is 1. The molecule has 1 aliphatic rings. The molecule has 0 radical (unpaired) electrons. The van der Waals surface area contributed by atoms with Crippen molar-refractivity contribution in [3.05, 3.63) is 102 Å². The summed E-state index contributed by atoms with van der Waals surface area (Å²) in [5.41, 5.74) is 0.0258. The van der Waals surface area contributed by atoms with Crippen molar-refractivity contribution >= 4 is 17.4 Å². The number of fused-ring (bicyclic) bond motifs is 1. The second-order valence-corrected chi connectivity index (χ2v) is 6.34. The van der Waals surface area contributed by atoms with Gasteiger partial charge in [0.05, 0.1) is 5.92 Å². The molecule has 0 aromatic heterocycles. The van der Waals surface area contributed by atoms with Gasteiger partial charge in [0.2, 0.25) is 0 Å². The van der Waals surface area contributed by atoms with Crippen molar-refractivity contribution in [2.24, 2.45) is 0 Å². The molecular weight excluding hydrogens is 326 g/mol. The van der Waals surface area contributed by atoms with E-state index in [4.69, 9.17) is 0 Å². The van der Waals surface area contributed by atoms with Gasteiger partial charge in [-0.2, -0.15) is 0 Å². The number of Topliss-reactive ketones (excluding diaryl/α,β-unsaturated/α-hetero) is 1. The minimum atomic E-state index is -1.97. The predicted octanol–water partition coefficient (Wildman–Crippen LogP) is 3.49. The third kappa shape index (κ3) is 2.43. The highest BCUT2D eigenvalue weighted by atomic mass is 16.3. The minimum absolute atomic E-state index is 0.300. The lowest BCUT2D eigenvalue weighted by molar-refractivity contribution is -0.135. The van der Waals surface area contributed by atoms with Crippen LogP contribution >= 0.6 is 0 Å². The first-order valence-electron chi connectivity index (χ1n) is 8.40. The number of hydrogen-bond acceptors (Lipinski definition) is 3. The zero-order valence-corrected chi connectivity index (χ0v) is 13.9. The zero-order chi connectivity index (χ0) is 18.1. The third-order valence-corrected chi connectivity index (χ3v) is 4.80. The van der Waals surface area contributed by atoms with Gasteiger partial charge in [-0.05, 0) is 11.6 Å². The molecule has 0 bridgehead atoms. The summed E-state index contributed by atoms with van der Waals surface area (Å²) in [6.45, 7) is 0. The molecule has 0 fully saturated rings. The predicted molar refractivity (Wildman–Crippen MR) is 98.9 cm³/mol. The fraction of sp³-hybridized carbons (Fsp3) is 0.0909. The molecule has 0 saturated carbocycles. The first-order chi connectivity index (χ1) is 12.6. The molecule has 3 aromatic carbocycles. The molecule has 2 atom stereocenters. The van der Waals surface area contributed by atoms with E-state index in [0.717, 1.165) is 0 Å². The van der Waals surface area contributed by atoms with Gasteiger partial charge in [0.25, 0.3) is 5.91 Å². The van der Waals surface area contributed by atoms with Crippen molar-refractivity contribution in [1.29, 1.82) is 0 Å². The first kappa shape index (κ1) is 16.2. The van der Waals surface area contributed by atoms with Crippen molar-refractivity contribution in [3.63, 3.8) is 0 Å². The molecular formula is C22H17NO3. The largest absolute Gasteiger partial charge is 0.374 e. The van der Waals surface area contributed by atoms with Crippen LogP contribution in [0.2, 0.25) is 0 Å². The van der Waals surface area contributed by atoms with Crippen LogP contribution in [0.3, 0.4) is 0 Å². The first-order valence-corrected chi connectivity index (χ1v) is 8.40. The number of ketones is 1. The van der Waals surface area contributed by atoms with E-state index in [1.54, 1.807) is 72.8 Å². The summed E-state index contributed by atoms with van der Waals surface area (Å²) in [7, 11) is 0. The Labute approximate surface area is 151 Å². The highest BCUT2D eigenvalue weighted by molar-refractivity contribution is 6.12. The number of para-hydroxylation sites is 1. The Hall–Kier alpha value is -3.24. The Balaban J connectivity index is 1.92. The zero-order valence-electron chi connectivity index (χ0n) is 13.9. The fourth-order valence-corrected chi connectivity index (χ4v) is 3.55. The van der Waals surface area contributed by atoms with Gasteiger partial charge >= 0.3 is 0 Å². The van der Waals surface area contributed by atoms with Crippen molar-refractivity contribution in [1.82, 2.24) is 0 Å². The van der Waals surface area contributed by atoms with Crippen LogP contribution in [0.25, 0.3) is 0 Å². The van der Waals surface area contributed by atoms with E-state index in [9.17, 15) is 14.7 Å². The highest BCUT2D eigenvalue weighted by Crippen LogP contribution is 2.46. The summed E-state index contributed by atoms with van der Waals surface area (Å²) < 4.78 is 0. The van der Waals surface area contributed by atoms with Crippen LogP contribution in [0.1, 0.15) is 27.4 Å². The van der Waals surface area contributed by atoms with E-state index >= 15 is 0 Å². The molecule has 4 rings (SSSR count). The molecule has 1 amide bonds. The van der Waals surface area contributed by atoms with E-state index in [1.165, 1.54) is 0 Å². The number of rotatable bonds is 4. The molecule has 4 heteroatoms. The number of carbonyl (C=O) groups excluding carboxylic acids is 2. The van der Waals surface area contributed by atoms with Gasteiger partial charge in [0.15, 0.2) is 11.4 Å². The van der Waals surface area contributed by atoms with Crippen molar-refractivity contribution < 1.29 is 14.7 Å². The van der Waals surface area contributed by atoms with Gasteiger partial charge in [0, 0.05) is 16.8 Å². The molecule has 0 spiro atoms. The van der Waals surface area contributed by atoms with Gasteiger partial charge in [-0.3, -0.25) is 9.59 Å². The number of aliphatic hydroxyl groups is 1. The van der Waals surface area contributed by atoms with Crippen LogP contribution in [0.15, 0.2) is 84.9 Å². The van der Waals surface area contributed by atoms with Gasteiger partial charge in [-0.25, -0.2) is 0 Å². The van der Waals surface area contributed by atoms with Crippen LogP contribution in [0, 0.1) is 0 Å². The van der Waals surface area contributed by atoms with Gasteiger partial charge in [-0.15, -0.1) is 0 Å². The van der Waals surface area contributed by atoms with Gasteiger partial charge in [0.1, 0.15) is 0 Å². The molecule has 4 nitrogen and oxygen atoms in total. The normalized spacial score (nSPS) is 19.5.